The molecule has 0 bridgehead atoms. The predicted molar refractivity (Wildman–Crippen MR) is 46.3 cm³/mol. The van der Waals surface area contributed by atoms with Gasteiger partial charge < -0.3 is 0 Å². The summed E-state index contributed by atoms with van der Waals surface area (Å²) in [6, 6.07) is 0. The van der Waals surface area contributed by atoms with Crippen LogP contribution in [0.1, 0.15) is 0 Å². The van der Waals surface area contributed by atoms with Crippen LogP contribution in [0.4, 0.5) is 0 Å². The van der Waals surface area contributed by atoms with Crippen LogP contribution in [0.25, 0.3) is 0 Å². The maximum absolute atomic E-state index is 1.94. The molecule has 6 heteroatoms. The molecule has 1 aliphatic rings. The molecule has 0 amide bonds. The van der Waals surface area contributed by atoms with E-state index in [1.165, 1.54) is 0 Å². The monoisotopic (exact) mass is 192 g/mol. The van der Waals surface area contributed by atoms with E-state index in [4.69, 9.17) is 0 Å². The van der Waals surface area contributed by atoms with Crippen molar-refractivity contribution >= 4 is 57.3 Å². The van der Waals surface area contributed by atoms with Crippen LogP contribution in [0.3, 0.4) is 0 Å². The Morgan fingerprint density at radius 3 is 1.67 bits per heavy atom. The standard InChI is InChI=1S/HPS5/c1-2-4-6-5-3-1/h1H. The van der Waals surface area contributed by atoms with Crippen LogP contribution in [-0.2, 0) is 0 Å². The molecule has 1 fully saturated rings. The molecule has 0 radical (unpaired) electrons. The van der Waals surface area contributed by atoms with Gasteiger partial charge in [0.1, 0.15) is 0 Å². The topological polar surface area (TPSA) is 0 Å². The summed E-state index contributed by atoms with van der Waals surface area (Å²) in [6.07, 6.45) is 0. The van der Waals surface area contributed by atoms with Crippen LogP contribution >= 0.6 is 57.3 Å². The first-order valence-electron chi connectivity index (χ1n) is 1.07. The van der Waals surface area contributed by atoms with E-state index >= 15 is 0 Å². The van der Waals surface area contributed by atoms with Crippen molar-refractivity contribution < 1.29 is 0 Å². The minimum absolute atomic E-state index is 1.04. The summed E-state index contributed by atoms with van der Waals surface area (Å²) < 4.78 is 0. The molecule has 1 heterocycles. The molecular weight excluding hydrogens is 191 g/mol. The molecule has 0 saturated carbocycles. The fourth-order valence-electron chi connectivity index (χ4n) is 0.0808. The van der Waals surface area contributed by atoms with Gasteiger partial charge in [-0.3, -0.25) is 0 Å². The van der Waals surface area contributed by atoms with Crippen LogP contribution < -0.4 is 0 Å². The van der Waals surface area contributed by atoms with Crippen molar-refractivity contribution in [2.45, 2.75) is 0 Å². The molecular formula is HPS5. The minimum Gasteiger partial charge on any atom is -0.0454 e. The van der Waals surface area contributed by atoms with Crippen molar-refractivity contribution in [3.63, 3.8) is 0 Å². The third-order valence-electron chi connectivity index (χ3n) is 0.192. The molecule has 1 aliphatic heterocycles. The highest BCUT2D eigenvalue weighted by atomic mass is 34.0. The third kappa shape index (κ3) is 2.48. The molecule has 1 rings (SSSR count). The molecule has 0 aromatic heterocycles. The molecule has 6 heavy (non-hydrogen) atoms. The maximum Gasteiger partial charge on any atom is 0.0239 e. The zero-order valence-electron chi connectivity index (χ0n) is 2.54. The molecule has 0 spiro atoms. The van der Waals surface area contributed by atoms with Gasteiger partial charge in [-0.15, -0.1) is 0 Å². The fraction of sp³-hybridized carbons (Fsp3) is 0. The van der Waals surface area contributed by atoms with Crippen molar-refractivity contribution in [2.24, 2.45) is 0 Å². The molecule has 1 saturated heterocycles. The van der Waals surface area contributed by atoms with Crippen LogP contribution in [0.2, 0.25) is 0 Å². The molecule has 0 unspecified atom stereocenters. The predicted octanol–water partition coefficient (Wildman–Crippen LogP) is 3.83. The normalized spacial score (nSPS) is 24.0. The molecule has 0 nitrogen and oxygen atoms in total. The number of hydrogen-bond donors (Lipinski definition) is 0. The van der Waals surface area contributed by atoms with Gasteiger partial charge in [0.05, 0.1) is 0 Å². The fourth-order valence-corrected chi connectivity index (χ4v) is 19.6. The lowest BCUT2D eigenvalue weighted by molar-refractivity contribution is 5.43. The Balaban J connectivity index is 2.00. The second-order valence-corrected chi connectivity index (χ2v) is 12.3. The van der Waals surface area contributed by atoms with Crippen molar-refractivity contribution in [1.29, 1.82) is 0 Å². The molecule has 0 aromatic carbocycles. The first kappa shape index (κ1) is 6.30. The van der Waals surface area contributed by atoms with Gasteiger partial charge in [-0.1, -0.05) is 0 Å². The summed E-state index contributed by atoms with van der Waals surface area (Å²) in [5, 5.41) is 0. The SMILES string of the molecule is P1SSSSS1. The zero-order chi connectivity index (χ0) is 4.24. The van der Waals surface area contributed by atoms with Crippen LogP contribution in [0.5, 0.6) is 0 Å². The Hall–Kier alpha value is 2.18. The summed E-state index contributed by atoms with van der Waals surface area (Å²) in [6.45, 7) is 1.04. The van der Waals surface area contributed by atoms with E-state index < -0.39 is 0 Å². The minimum atomic E-state index is 1.04. The van der Waals surface area contributed by atoms with E-state index in [0.717, 1.165) is 6.98 Å². The van der Waals surface area contributed by atoms with Gasteiger partial charge in [-0.2, -0.15) is 0 Å². The maximum atomic E-state index is 1.94. The van der Waals surface area contributed by atoms with Gasteiger partial charge in [0.2, 0.25) is 0 Å². The first-order chi connectivity index (χ1) is 3.00. The molecule has 0 atom stereocenters. The highest BCUT2D eigenvalue weighted by Gasteiger charge is 1.99. The molecule has 0 N–H and O–H groups in total. The quantitative estimate of drug-likeness (QED) is 0.421. The second-order valence-electron chi connectivity index (χ2n) is 0.454. The average Bonchev–Trinajstić information content (AvgIpc) is 1.72. The lowest BCUT2D eigenvalue weighted by Crippen LogP contribution is -1.32. The molecule has 0 aliphatic carbocycles. The average molecular weight is 192 g/mol. The smallest absolute Gasteiger partial charge is 0.0239 e. The van der Waals surface area contributed by atoms with Crippen LogP contribution in [-0.4, -0.2) is 0 Å². The highest BCUT2D eigenvalue weighted by molar-refractivity contribution is 9.51. The van der Waals surface area contributed by atoms with Gasteiger partial charge in [0.25, 0.3) is 0 Å². The van der Waals surface area contributed by atoms with E-state index in [-0.39, 0.29) is 0 Å². The van der Waals surface area contributed by atoms with E-state index in [1.54, 1.807) is 0 Å². The summed E-state index contributed by atoms with van der Waals surface area (Å²) in [4.78, 5) is 0. The first-order valence-corrected chi connectivity index (χ1v) is 9.67. The summed E-state index contributed by atoms with van der Waals surface area (Å²) in [5.41, 5.74) is 0. The lowest BCUT2D eigenvalue weighted by Gasteiger charge is -2.01. The second kappa shape index (κ2) is 4.10. The van der Waals surface area contributed by atoms with Crippen LogP contribution in [0.15, 0.2) is 0 Å². The van der Waals surface area contributed by atoms with E-state index in [0.29, 0.717) is 0 Å². The Morgan fingerprint density at radius 2 is 1.50 bits per heavy atom. The van der Waals surface area contributed by atoms with Crippen molar-refractivity contribution in [2.75, 3.05) is 0 Å². The van der Waals surface area contributed by atoms with Crippen molar-refractivity contribution in [1.82, 2.24) is 0 Å². The number of hydrogen-bond acceptors (Lipinski definition) is 5. The van der Waals surface area contributed by atoms with E-state index in [9.17, 15) is 0 Å². The van der Waals surface area contributed by atoms with Crippen LogP contribution in [0, 0.1) is 0 Å². The van der Waals surface area contributed by atoms with Crippen molar-refractivity contribution in [3.8, 4) is 0 Å². The van der Waals surface area contributed by atoms with Gasteiger partial charge in [0, 0.05) is 6.98 Å². The number of rotatable bonds is 0. The van der Waals surface area contributed by atoms with Gasteiger partial charge in [-0.25, -0.2) is 0 Å². The summed E-state index contributed by atoms with van der Waals surface area (Å²) in [7, 11) is 9.52. The van der Waals surface area contributed by atoms with E-state index in [2.05, 4.69) is 0 Å². The Kier molecular flexibility index (Phi) is 4.30. The van der Waals surface area contributed by atoms with Gasteiger partial charge >= 0.3 is 0 Å². The molecule has 0 aromatic rings. The Morgan fingerprint density at radius 1 is 0.833 bits per heavy atom. The lowest BCUT2D eigenvalue weighted by atomic mass is 29.7. The Bertz CT molecular complexity index is 19.4. The third-order valence-corrected chi connectivity index (χ3v) is 15.5. The van der Waals surface area contributed by atoms with Gasteiger partial charge in [-0.05, 0) is 50.3 Å². The zero-order valence-corrected chi connectivity index (χ0v) is 7.62. The molecule has 36 valence electrons. The summed E-state index contributed by atoms with van der Waals surface area (Å²) in [5.74, 6) is 0. The highest BCUT2D eigenvalue weighted by Crippen LogP contribution is 2.69. The van der Waals surface area contributed by atoms with Crippen molar-refractivity contribution in [3.05, 3.63) is 0 Å². The summed E-state index contributed by atoms with van der Waals surface area (Å²) >= 11 is 0. The Labute approximate surface area is 57.0 Å². The van der Waals surface area contributed by atoms with E-state index in [1.807, 2.05) is 50.3 Å². The van der Waals surface area contributed by atoms with Gasteiger partial charge in [0.15, 0.2) is 0 Å². The largest absolute Gasteiger partial charge is 0.0454 e.